The van der Waals surface area contributed by atoms with Crippen molar-refractivity contribution in [2.75, 3.05) is 6.61 Å². The van der Waals surface area contributed by atoms with Crippen LogP contribution in [0.15, 0.2) is 48.5 Å². The first-order valence-corrected chi connectivity index (χ1v) is 12.5. The molecule has 8 heteroatoms. The normalized spacial score (nSPS) is 13.8. The highest BCUT2D eigenvalue weighted by molar-refractivity contribution is 7.52. The zero-order chi connectivity index (χ0) is 22.7. The minimum atomic E-state index is -3.95. The minimum Gasteiger partial charge on any atom is -0.465 e. The molecule has 0 amide bonds. The minimum absolute atomic E-state index is 0.295. The van der Waals surface area contributed by atoms with Crippen LogP contribution in [0.3, 0.4) is 0 Å². The van der Waals surface area contributed by atoms with E-state index in [1.165, 1.54) is 6.42 Å². The van der Waals surface area contributed by atoms with Crippen LogP contribution in [0.1, 0.15) is 51.5 Å². The molecule has 2 aromatic carbocycles. The molecule has 0 unspecified atom stereocenters. The molecule has 0 heterocycles. The lowest BCUT2D eigenvalue weighted by Gasteiger charge is -2.23. The van der Waals surface area contributed by atoms with Gasteiger partial charge in [0.25, 0.3) is 0 Å². The number of nitrogens with one attached hydrogen (secondary N) is 1. The van der Waals surface area contributed by atoms with Crippen LogP contribution in [-0.4, -0.2) is 18.6 Å². The predicted octanol–water partition coefficient (Wildman–Crippen LogP) is 6.71. The van der Waals surface area contributed by atoms with Gasteiger partial charge in [-0.2, -0.15) is 5.09 Å². The number of benzene rings is 2. The van der Waals surface area contributed by atoms with E-state index in [1.54, 1.807) is 43.3 Å². The SMILES string of the molecule is CCCCCCCOC(=O)[C@H](C)N[P@@](=O)(Oc1ccc(C)cc1)Oc1ccc(Cl)cc1. The molecule has 0 fully saturated rings. The maximum absolute atomic E-state index is 13.5. The molecule has 31 heavy (non-hydrogen) atoms. The molecule has 0 aliphatic rings. The lowest BCUT2D eigenvalue weighted by Crippen LogP contribution is -2.36. The van der Waals surface area contributed by atoms with Gasteiger partial charge in [0.05, 0.1) is 6.61 Å². The number of ether oxygens (including phenoxy) is 1. The quantitative estimate of drug-likeness (QED) is 0.200. The number of aryl methyl sites for hydroxylation is 1. The summed E-state index contributed by atoms with van der Waals surface area (Å²) in [6, 6.07) is 12.5. The van der Waals surface area contributed by atoms with Crippen LogP contribution in [0.4, 0.5) is 0 Å². The van der Waals surface area contributed by atoms with E-state index in [0.717, 1.165) is 31.2 Å². The molecule has 2 rings (SSSR count). The van der Waals surface area contributed by atoms with Gasteiger partial charge in [0.15, 0.2) is 0 Å². The van der Waals surface area contributed by atoms with Gasteiger partial charge in [-0.25, -0.2) is 4.57 Å². The van der Waals surface area contributed by atoms with Gasteiger partial charge in [-0.15, -0.1) is 0 Å². The third-order valence-corrected chi connectivity index (χ3v) is 6.34. The number of unbranched alkanes of at least 4 members (excludes halogenated alkanes) is 4. The fourth-order valence-electron chi connectivity index (χ4n) is 2.74. The molecule has 0 saturated heterocycles. The standard InChI is InChI=1S/C23H31ClNO5P/c1-4-5-6-7-8-17-28-23(26)19(3)25-31(27,29-21-13-9-18(2)10-14-21)30-22-15-11-20(24)12-16-22/h9-16,19H,4-8,17H2,1-3H3,(H,25,27)/t19-,31+/m0/s1. The molecule has 170 valence electrons. The van der Waals surface area contributed by atoms with Crippen molar-refractivity contribution >= 4 is 25.3 Å². The van der Waals surface area contributed by atoms with E-state index in [1.807, 2.05) is 19.1 Å². The summed E-state index contributed by atoms with van der Waals surface area (Å²) >= 11 is 5.91. The van der Waals surface area contributed by atoms with Gasteiger partial charge < -0.3 is 13.8 Å². The van der Waals surface area contributed by atoms with Crippen LogP contribution in [0.25, 0.3) is 0 Å². The average Bonchev–Trinajstić information content (AvgIpc) is 2.73. The fourth-order valence-corrected chi connectivity index (χ4v) is 4.38. The number of esters is 1. The van der Waals surface area contributed by atoms with Crippen LogP contribution in [0.5, 0.6) is 11.5 Å². The molecule has 0 spiro atoms. The summed E-state index contributed by atoms with van der Waals surface area (Å²) in [7, 11) is -3.95. The van der Waals surface area contributed by atoms with E-state index in [4.69, 9.17) is 25.4 Å². The summed E-state index contributed by atoms with van der Waals surface area (Å²) in [5.41, 5.74) is 1.03. The molecule has 0 aromatic heterocycles. The Hall–Kier alpha value is -2.01. The van der Waals surface area contributed by atoms with Gasteiger partial charge in [-0.1, -0.05) is 61.9 Å². The Bertz CT molecular complexity index is 806. The number of rotatable bonds is 13. The van der Waals surface area contributed by atoms with Crippen molar-refractivity contribution in [3.8, 4) is 11.5 Å². The highest BCUT2D eigenvalue weighted by Gasteiger charge is 2.33. The Morgan fingerprint density at radius 2 is 1.52 bits per heavy atom. The number of halogens is 1. The summed E-state index contributed by atoms with van der Waals surface area (Å²) in [5.74, 6) is 0.138. The van der Waals surface area contributed by atoms with Crippen LogP contribution in [-0.2, 0) is 14.1 Å². The Morgan fingerprint density at radius 3 is 2.10 bits per heavy atom. The van der Waals surface area contributed by atoms with Crippen molar-refractivity contribution < 1.29 is 23.1 Å². The number of hydrogen-bond donors (Lipinski definition) is 1. The lowest BCUT2D eigenvalue weighted by atomic mass is 10.2. The molecule has 0 radical (unpaired) electrons. The van der Waals surface area contributed by atoms with Gasteiger partial charge in [0.2, 0.25) is 0 Å². The van der Waals surface area contributed by atoms with Crippen molar-refractivity contribution in [1.29, 1.82) is 0 Å². The molecule has 0 saturated carbocycles. The summed E-state index contributed by atoms with van der Waals surface area (Å²) in [6.45, 7) is 5.98. The monoisotopic (exact) mass is 467 g/mol. The van der Waals surface area contributed by atoms with Gasteiger partial charge in [-0.05, 0) is 56.7 Å². The first-order valence-electron chi connectivity index (χ1n) is 10.6. The lowest BCUT2D eigenvalue weighted by molar-refractivity contribution is -0.145. The molecule has 0 aliphatic carbocycles. The summed E-state index contributed by atoms with van der Waals surface area (Å²) < 4.78 is 30.1. The second-order valence-corrected chi connectivity index (χ2v) is 9.43. The maximum atomic E-state index is 13.5. The molecular formula is C23H31ClNO5P. The van der Waals surface area contributed by atoms with E-state index in [0.29, 0.717) is 23.1 Å². The van der Waals surface area contributed by atoms with Crippen LogP contribution in [0.2, 0.25) is 5.02 Å². The topological polar surface area (TPSA) is 73.9 Å². The largest absolute Gasteiger partial charge is 0.513 e. The van der Waals surface area contributed by atoms with Crippen molar-refractivity contribution in [1.82, 2.24) is 5.09 Å². The van der Waals surface area contributed by atoms with Crippen molar-refractivity contribution in [3.63, 3.8) is 0 Å². The smallest absolute Gasteiger partial charge is 0.465 e. The Labute approximate surface area is 189 Å². The molecule has 2 aromatic rings. The first kappa shape index (κ1) is 25.3. The van der Waals surface area contributed by atoms with Crippen molar-refractivity contribution in [2.24, 2.45) is 0 Å². The second-order valence-electron chi connectivity index (χ2n) is 7.38. The number of carbonyl (C=O) groups is 1. The van der Waals surface area contributed by atoms with E-state index in [9.17, 15) is 9.36 Å². The molecule has 1 N–H and O–H groups in total. The Morgan fingerprint density at radius 1 is 0.968 bits per heavy atom. The Kier molecular flexibility index (Phi) is 10.4. The van der Waals surface area contributed by atoms with Crippen LogP contribution >= 0.6 is 19.3 Å². The highest BCUT2D eigenvalue weighted by atomic mass is 35.5. The van der Waals surface area contributed by atoms with Crippen molar-refractivity contribution in [2.45, 2.75) is 58.9 Å². The summed E-state index contributed by atoms with van der Waals surface area (Å²) in [6.07, 6.45) is 5.27. The molecule has 0 aliphatic heterocycles. The van der Waals surface area contributed by atoms with Gasteiger partial charge in [0.1, 0.15) is 17.5 Å². The predicted molar refractivity (Wildman–Crippen MR) is 124 cm³/mol. The third kappa shape index (κ3) is 9.34. The number of carbonyl (C=O) groups excluding carboxylic acids is 1. The van der Waals surface area contributed by atoms with Crippen LogP contribution in [0, 0.1) is 6.92 Å². The van der Waals surface area contributed by atoms with E-state index in [2.05, 4.69) is 12.0 Å². The van der Waals surface area contributed by atoms with Gasteiger partial charge in [0, 0.05) is 5.02 Å². The summed E-state index contributed by atoms with van der Waals surface area (Å²) in [5, 5.41) is 3.20. The van der Waals surface area contributed by atoms with Gasteiger partial charge in [-0.3, -0.25) is 4.79 Å². The summed E-state index contributed by atoms with van der Waals surface area (Å²) in [4.78, 5) is 12.4. The third-order valence-electron chi connectivity index (χ3n) is 4.48. The molecule has 2 atom stereocenters. The molecular weight excluding hydrogens is 437 g/mol. The first-order chi connectivity index (χ1) is 14.8. The Balaban J connectivity index is 2.03. The average molecular weight is 468 g/mol. The zero-order valence-corrected chi connectivity index (χ0v) is 20.0. The van der Waals surface area contributed by atoms with Gasteiger partial charge >= 0.3 is 13.7 Å². The molecule has 6 nitrogen and oxygen atoms in total. The fraction of sp³-hybridized carbons (Fsp3) is 0.435. The maximum Gasteiger partial charge on any atom is 0.513 e. The number of hydrogen-bond acceptors (Lipinski definition) is 5. The second kappa shape index (κ2) is 12.7. The van der Waals surface area contributed by atoms with E-state index >= 15 is 0 Å². The van der Waals surface area contributed by atoms with E-state index in [-0.39, 0.29) is 0 Å². The zero-order valence-electron chi connectivity index (χ0n) is 18.3. The molecule has 0 bridgehead atoms. The highest BCUT2D eigenvalue weighted by Crippen LogP contribution is 2.45. The van der Waals surface area contributed by atoms with Crippen molar-refractivity contribution in [3.05, 3.63) is 59.1 Å². The van der Waals surface area contributed by atoms with E-state index < -0.39 is 19.8 Å². The van der Waals surface area contributed by atoms with Crippen LogP contribution < -0.4 is 14.1 Å².